The number of hydrogen-bond donors (Lipinski definition) is 0. The highest BCUT2D eigenvalue weighted by Crippen LogP contribution is 2.23. The zero-order chi connectivity index (χ0) is 12.3. The summed E-state index contributed by atoms with van der Waals surface area (Å²) in [6, 6.07) is 5.85. The lowest BCUT2D eigenvalue weighted by atomic mass is 10.3. The van der Waals surface area contributed by atoms with Gasteiger partial charge in [-0.25, -0.2) is 0 Å². The van der Waals surface area contributed by atoms with Gasteiger partial charge < -0.3 is 4.90 Å². The summed E-state index contributed by atoms with van der Waals surface area (Å²) in [6.45, 7) is 0.712. The smallest absolute Gasteiger partial charge is 0.169 e. The largest absolute Gasteiger partial charge is 0.352 e. The molecule has 2 rings (SSSR count). The zero-order valence-electron chi connectivity index (χ0n) is 9.09. The van der Waals surface area contributed by atoms with E-state index in [-0.39, 0.29) is 0 Å². The molecule has 0 aliphatic carbocycles. The van der Waals surface area contributed by atoms with Crippen LogP contribution in [0.3, 0.4) is 0 Å². The van der Waals surface area contributed by atoms with Crippen molar-refractivity contribution >= 4 is 33.1 Å². The molecule has 0 amide bonds. The number of nitriles is 1. The van der Waals surface area contributed by atoms with Gasteiger partial charge in [-0.1, -0.05) is 0 Å². The normalized spacial score (nSPS) is 9.94. The van der Waals surface area contributed by atoms with Gasteiger partial charge >= 0.3 is 0 Å². The van der Waals surface area contributed by atoms with Crippen molar-refractivity contribution in [2.24, 2.45) is 0 Å². The molecule has 0 aliphatic heterocycles. The van der Waals surface area contributed by atoms with Gasteiger partial charge in [-0.15, -0.1) is 16.4 Å². The van der Waals surface area contributed by atoms with Crippen molar-refractivity contribution in [2.45, 2.75) is 6.54 Å². The van der Waals surface area contributed by atoms with E-state index < -0.39 is 0 Å². The molecule has 0 N–H and O–H groups in total. The predicted octanol–water partition coefficient (Wildman–Crippen LogP) is 2.81. The topological polar surface area (TPSA) is 52.8 Å². The van der Waals surface area contributed by atoms with E-state index in [9.17, 15) is 0 Å². The van der Waals surface area contributed by atoms with Crippen molar-refractivity contribution in [3.63, 3.8) is 0 Å². The molecular formula is C11H9BrN4S. The molecular weight excluding hydrogens is 300 g/mol. The lowest BCUT2D eigenvalue weighted by Gasteiger charge is -2.17. The highest BCUT2D eigenvalue weighted by atomic mass is 79.9. The first kappa shape index (κ1) is 12.0. The van der Waals surface area contributed by atoms with E-state index in [1.165, 1.54) is 11.1 Å². The monoisotopic (exact) mass is 308 g/mol. The number of anilines is 1. The second-order valence-corrected chi connectivity index (χ2v) is 5.38. The van der Waals surface area contributed by atoms with Gasteiger partial charge in [-0.2, -0.15) is 10.4 Å². The third kappa shape index (κ3) is 2.81. The molecule has 0 unspecified atom stereocenters. The molecule has 0 bridgehead atoms. The quantitative estimate of drug-likeness (QED) is 0.875. The van der Waals surface area contributed by atoms with Gasteiger partial charge in [0.05, 0.1) is 18.3 Å². The number of hydrogen-bond acceptors (Lipinski definition) is 5. The Balaban J connectivity index is 2.20. The van der Waals surface area contributed by atoms with Gasteiger partial charge in [-0.05, 0) is 28.1 Å². The maximum Gasteiger partial charge on any atom is 0.169 e. The van der Waals surface area contributed by atoms with Crippen molar-refractivity contribution in [1.82, 2.24) is 10.2 Å². The lowest BCUT2D eigenvalue weighted by Crippen LogP contribution is -2.18. The van der Waals surface area contributed by atoms with Crippen molar-refractivity contribution in [3.05, 3.63) is 38.6 Å². The Morgan fingerprint density at radius 3 is 3.06 bits per heavy atom. The minimum Gasteiger partial charge on any atom is -0.352 e. The van der Waals surface area contributed by atoms with Crippen LogP contribution in [0.4, 0.5) is 5.82 Å². The molecule has 4 nitrogen and oxygen atoms in total. The van der Waals surface area contributed by atoms with E-state index in [4.69, 9.17) is 5.26 Å². The fourth-order valence-corrected chi connectivity index (χ4v) is 2.94. The fourth-order valence-electron chi connectivity index (χ4n) is 1.44. The second-order valence-electron chi connectivity index (χ2n) is 3.47. The standard InChI is InChI=1S/C11H9BrN4S/c1-16(6-10-4-9(12)7-17-10)11-8(5-13)2-3-14-15-11/h2-4,7H,6H2,1H3. The van der Waals surface area contributed by atoms with Gasteiger partial charge in [0.1, 0.15) is 6.07 Å². The van der Waals surface area contributed by atoms with Crippen molar-refractivity contribution in [3.8, 4) is 6.07 Å². The minimum absolute atomic E-state index is 0.540. The molecule has 0 aromatic carbocycles. The van der Waals surface area contributed by atoms with Crippen LogP contribution in [-0.4, -0.2) is 17.2 Å². The maximum absolute atomic E-state index is 8.99. The van der Waals surface area contributed by atoms with Gasteiger partial charge in [0.15, 0.2) is 5.82 Å². The minimum atomic E-state index is 0.540. The van der Waals surface area contributed by atoms with Crippen molar-refractivity contribution in [2.75, 3.05) is 11.9 Å². The molecule has 0 spiro atoms. The van der Waals surface area contributed by atoms with Gasteiger partial charge in [0.25, 0.3) is 0 Å². The average Bonchev–Trinajstić information content (AvgIpc) is 2.74. The summed E-state index contributed by atoms with van der Waals surface area (Å²) >= 11 is 5.08. The lowest BCUT2D eigenvalue weighted by molar-refractivity contribution is 0.872. The van der Waals surface area contributed by atoms with E-state index in [0.29, 0.717) is 17.9 Å². The van der Waals surface area contributed by atoms with E-state index >= 15 is 0 Å². The van der Waals surface area contributed by atoms with E-state index in [2.05, 4.69) is 38.3 Å². The molecule has 2 aromatic rings. The summed E-state index contributed by atoms with van der Waals surface area (Å²) in [5, 5.41) is 18.8. The molecule has 86 valence electrons. The highest BCUT2D eigenvalue weighted by molar-refractivity contribution is 9.10. The van der Waals surface area contributed by atoms with Gasteiger partial charge in [-0.3, -0.25) is 0 Å². The number of aromatic nitrogens is 2. The summed E-state index contributed by atoms with van der Waals surface area (Å²) < 4.78 is 1.07. The summed E-state index contributed by atoms with van der Waals surface area (Å²) in [6.07, 6.45) is 1.53. The maximum atomic E-state index is 8.99. The molecule has 0 radical (unpaired) electrons. The first-order valence-corrected chi connectivity index (χ1v) is 6.54. The van der Waals surface area contributed by atoms with Crippen molar-refractivity contribution < 1.29 is 0 Å². The van der Waals surface area contributed by atoms with E-state index in [0.717, 1.165) is 4.47 Å². The first-order chi connectivity index (χ1) is 8.20. The van der Waals surface area contributed by atoms with Crippen LogP contribution in [0.1, 0.15) is 10.4 Å². The molecule has 0 atom stereocenters. The van der Waals surface area contributed by atoms with Crippen LogP contribution in [0.2, 0.25) is 0 Å². The summed E-state index contributed by atoms with van der Waals surface area (Å²) in [4.78, 5) is 3.12. The highest BCUT2D eigenvalue weighted by Gasteiger charge is 2.10. The first-order valence-electron chi connectivity index (χ1n) is 4.86. The van der Waals surface area contributed by atoms with Crippen LogP contribution < -0.4 is 4.90 Å². The molecule has 0 aliphatic rings. The SMILES string of the molecule is CN(Cc1cc(Br)cs1)c1nnccc1C#N. The van der Waals surface area contributed by atoms with Gasteiger partial charge in [0.2, 0.25) is 0 Å². The Hall–Kier alpha value is -1.45. The molecule has 17 heavy (non-hydrogen) atoms. The Kier molecular flexibility index (Phi) is 3.71. The Bertz CT molecular complexity index is 561. The van der Waals surface area contributed by atoms with Gasteiger partial charge in [0, 0.05) is 21.8 Å². The molecule has 0 saturated carbocycles. The third-order valence-electron chi connectivity index (χ3n) is 2.20. The molecule has 2 heterocycles. The molecule has 2 aromatic heterocycles. The molecule has 6 heteroatoms. The zero-order valence-corrected chi connectivity index (χ0v) is 11.5. The number of halogens is 1. The fraction of sp³-hybridized carbons (Fsp3) is 0.182. The van der Waals surface area contributed by atoms with Crippen LogP contribution in [0.25, 0.3) is 0 Å². The Labute approximate surface area is 112 Å². The van der Waals surface area contributed by atoms with E-state index in [1.807, 2.05) is 17.3 Å². The molecule has 0 fully saturated rings. The molecule has 0 saturated heterocycles. The third-order valence-corrected chi connectivity index (χ3v) is 3.88. The average molecular weight is 309 g/mol. The number of nitrogens with zero attached hydrogens (tertiary/aromatic N) is 4. The number of rotatable bonds is 3. The Morgan fingerprint density at radius 1 is 1.59 bits per heavy atom. The van der Waals surface area contributed by atoms with Crippen LogP contribution in [0.15, 0.2) is 28.2 Å². The van der Waals surface area contributed by atoms with E-state index in [1.54, 1.807) is 17.4 Å². The van der Waals surface area contributed by atoms with Crippen LogP contribution in [-0.2, 0) is 6.54 Å². The van der Waals surface area contributed by atoms with Crippen LogP contribution in [0, 0.1) is 11.3 Å². The second kappa shape index (κ2) is 5.25. The van der Waals surface area contributed by atoms with Crippen LogP contribution in [0.5, 0.6) is 0 Å². The Morgan fingerprint density at radius 2 is 2.41 bits per heavy atom. The number of thiophene rings is 1. The summed E-state index contributed by atoms with van der Waals surface area (Å²) in [7, 11) is 1.90. The predicted molar refractivity (Wildman–Crippen MR) is 70.9 cm³/mol. The summed E-state index contributed by atoms with van der Waals surface area (Å²) in [5.74, 6) is 0.611. The van der Waals surface area contributed by atoms with Crippen LogP contribution >= 0.6 is 27.3 Å². The summed E-state index contributed by atoms with van der Waals surface area (Å²) in [5.41, 5.74) is 0.540. The van der Waals surface area contributed by atoms with Crippen molar-refractivity contribution in [1.29, 1.82) is 5.26 Å².